The summed E-state index contributed by atoms with van der Waals surface area (Å²) in [7, 11) is 0. The van der Waals surface area contributed by atoms with Gasteiger partial charge < -0.3 is 5.32 Å². The third-order valence-electron chi connectivity index (χ3n) is 3.35. The van der Waals surface area contributed by atoms with Crippen LogP contribution in [-0.4, -0.2) is 18.2 Å². The molecule has 2 aromatic rings. The van der Waals surface area contributed by atoms with E-state index in [1.807, 2.05) is 29.6 Å². The van der Waals surface area contributed by atoms with Gasteiger partial charge in [-0.3, -0.25) is 9.59 Å². The molecule has 4 heteroatoms. The lowest BCUT2D eigenvalue weighted by Gasteiger charge is -2.12. The summed E-state index contributed by atoms with van der Waals surface area (Å²) in [6.45, 7) is 2.67. The van der Waals surface area contributed by atoms with Gasteiger partial charge in [-0.1, -0.05) is 43.3 Å². The highest BCUT2D eigenvalue weighted by Crippen LogP contribution is 2.14. The third kappa shape index (κ3) is 4.83. The van der Waals surface area contributed by atoms with Gasteiger partial charge in [0.1, 0.15) is 0 Å². The molecule has 2 rings (SSSR count). The van der Waals surface area contributed by atoms with Crippen molar-refractivity contribution >= 4 is 23.0 Å². The predicted octanol–water partition coefficient (Wildman–Crippen LogP) is 3.63. The van der Waals surface area contributed by atoms with Gasteiger partial charge in [-0.25, -0.2) is 0 Å². The van der Waals surface area contributed by atoms with Crippen LogP contribution in [0.2, 0.25) is 0 Å². The van der Waals surface area contributed by atoms with Gasteiger partial charge in [0.2, 0.25) is 5.91 Å². The number of Topliss-reactive ketones (excluding diaryl/α,β-unsaturated/α-hetero) is 1. The third-order valence-corrected chi connectivity index (χ3v) is 4.26. The number of hydrogen-bond acceptors (Lipinski definition) is 3. The van der Waals surface area contributed by atoms with E-state index >= 15 is 0 Å². The van der Waals surface area contributed by atoms with Gasteiger partial charge >= 0.3 is 0 Å². The minimum atomic E-state index is -0.0670. The summed E-state index contributed by atoms with van der Waals surface area (Å²) in [5, 5.41) is 4.76. The summed E-state index contributed by atoms with van der Waals surface area (Å²) < 4.78 is 0. The van der Waals surface area contributed by atoms with Crippen LogP contribution in [0.5, 0.6) is 0 Å². The molecule has 1 heterocycles. The number of ketones is 1. The molecule has 1 unspecified atom stereocenters. The maximum Gasteiger partial charge on any atom is 0.220 e. The van der Waals surface area contributed by atoms with Crippen LogP contribution < -0.4 is 5.32 Å². The van der Waals surface area contributed by atoms with E-state index in [4.69, 9.17) is 0 Å². The first kappa shape index (κ1) is 15.4. The monoisotopic (exact) mass is 301 g/mol. The summed E-state index contributed by atoms with van der Waals surface area (Å²) >= 11 is 1.42. The molecule has 1 aromatic heterocycles. The molecule has 0 radical (unpaired) electrons. The van der Waals surface area contributed by atoms with Crippen LogP contribution >= 0.6 is 11.3 Å². The van der Waals surface area contributed by atoms with E-state index in [0.717, 1.165) is 4.88 Å². The topological polar surface area (TPSA) is 46.2 Å². The molecule has 0 bridgehead atoms. The first-order valence-electron chi connectivity index (χ1n) is 7.05. The van der Waals surface area contributed by atoms with E-state index in [-0.39, 0.29) is 30.4 Å². The van der Waals surface area contributed by atoms with Crippen molar-refractivity contribution in [3.63, 3.8) is 0 Å². The fraction of sp³-hybridized carbons (Fsp3) is 0.294. The summed E-state index contributed by atoms with van der Waals surface area (Å²) in [5.41, 5.74) is 1.20. The van der Waals surface area contributed by atoms with Crippen molar-refractivity contribution in [1.82, 2.24) is 5.32 Å². The molecular formula is C17H19NO2S. The normalized spacial score (nSPS) is 11.9. The Kier molecular flexibility index (Phi) is 5.69. The summed E-state index contributed by atoms with van der Waals surface area (Å²) in [5.74, 6) is 0.238. The van der Waals surface area contributed by atoms with Crippen molar-refractivity contribution < 1.29 is 9.59 Å². The molecule has 0 saturated heterocycles. The SMILES string of the molecule is CC(CNC(=O)CCC(=O)c1cccs1)c1ccccc1. The van der Waals surface area contributed by atoms with Crippen LogP contribution in [0.15, 0.2) is 47.8 Å². The Hall–Kier alpha value is -1.94. The van der Waals surface area contributed by atoms with Gasteiger partial charge in [-0.15, -0.1) is 11.3 Å². The van der Waals surface area contributed by atoms with Gasteiger partial charge in [-0.2, -0.15) is 0 Å². The molecular weight excluding hydrogens is 282 g/mol. The van der Waals surface area contributed by atoms with Crippen molar-refractivity contribution in [2.24, 2.45) is 0 Å². The van der Waals surface area contributed by atoms with Gasteiger partial charge in [0.05, 0.1) is 4.88 Å². The van der Waals surface area contributed by atoms with Crippen LogP contribution in [0.1, 0.15) is 40.9 Å². The average molecular weight is 301 g/mol. The Morgan fingerprint density at radius 1 is 1.10 bits per heavy atom. The number of hydrogen-bond donors (Lipinski definition) is 1. The smallest absolute Gasteiger partial charge is 0.220 e. The Balaban J connectivity index is 1.71. The van der Waals surface area contributed by atoms with Gasteiger partial charge in [0.15, 0.2) is 5.78 Å². The van der Waals surface area contributed by atoms with Crippen molar-refractivity contribution in [3.05, 3.63) is 58.3 Å². The molecule has 1 amide bonds. The van der Waals surface area contributed by atoms with Crippen LogP contribution in [0, 0.1) is 0 Å². The molecule has 1 atom stereocenters. The minimum absolute atomic E-state index is 0.0382. The number of carbonyl (C=O) groups excluding carboxylic acids is 2. The molecule has 0 aliphatic carbocycles. The average Bonchev–Trinajstić information content (AvgIpc) is 3.05. The zero-order valence-electron chi connectivity index (χ0n) is 12.0. The van der Waals surface area contributed by atoms with Crippen molar-refractivity contribution in [3.8, 4) is 0 Å². The van der Waals surface area contributed by atoms with Crippen molar-refractivity contribution in [1.29, 1.82) is 0 Å². The molecule has 1 N–H and O–H groups in total. The van der Waals surface area contributed by atoms with E-state index in [1.165, 1.54) is 16.9 Å². The Morgan fingerprint density at radius 3 is 2.52 bits per heavy atom. The number of carbonyl (C=O) groups is 2. The quantitative estimate of drug-likeness (QED) is 0.794. The molecule has 21 heavy (non-hydrogen) atoms. The molecule has 0 spiro atoms. The maximum atomic E-state index is 11.8. The van der Waals surface area contributed by atoms with Gasteiger partial charge in [0, 0.05) is 19.4 Å². The zero-order valence-corrected chi connectivity index (χ0v) is 12.9. The number of amides is 1. The first-order valence-corrected chi connectivity index (χ1v) is 7.93. The molecule has 3 nitrogen and oxygen atoms in total. The zero-order chi connectivity index (χ0) is 15.1. The lowest BCUT2D eigenvalue weighted by Crippen LogP contribution is -2.27. The van der Waals surface area contributed by atoms with Crippen LogP contribution in [0.4, 0.5) is 0 Å². The molecule has 110 valence electrons. The highest BCUT2D eigenvalue weighted by atomic mass is 32.1. The molecule has 0 fully saturated rings. The fourth-order valence-corrected chi connectivity index (χ4v) is 2.74. The molecule has 0 saturated carbocycles. The Bertz CT molecular complexity index is 578. The van der Waals surface area contributed by atoms with Gasteiger partial charge in [-0.05, 0) is 22.9 Å². The second-order valence-corrected chi connectivity index (χ2v) is 5.96. The molecule has 1 aromatic carbocycles. The highest BCUT2D eigenvalue weighted by Gasteiger charge is 2.11. The van der Waals surface area contributed by atoms with Crippen LogP contribution in [0.25, 0.3) is 0 Å². The second-order valence-electron chi connectivity index (χ2n) is 5.02. The van der Waals surface area contributed by atoms with E-state index < -0.39 is 0 Å². The maximum absolute atomic E-state index is 11.8. The fourth-order valence-electron chi connectivity index (χ4n) is 2.04. The number of rotatable bonds is 7. The predicted molar refractivity (Wildman–Crippen MR) is 85.8 cm³/mol. The molecule has 0 aliphatic rings. The lowest BCUT2D eigenvalue weighted by molar-refractivity contribution is -0.121. The summed E-state index contributed by atoms with van der Waals surface area (Å²) in [6.07, 6.45) is 0.518. The highest BCUT2D eigenvalue weighted by molar-refractivity contribution is 7.12. The van der Waals surface area contributed by atoms with Crippen LogP contribution in [0.3, 0.4) is 0 Å². The standard InChI is InChI=1S/C17H19NO2S/c1-13(14-6-3-2-4-7-14)12-18-17(20)10-9-15(19)16-8-5-11-21-16/h2-8,11,13H,9-10,12H2,1H3,(H,18,20). The summed E-state index contributed by atoms with van der Waals surface area (Å²) in [4.78, 5) is 24.3. The van der Waals surface area contributed by atoms with Gasteiger partial charge in [0.25, 0.3) is 0 Å². The lowest BCUT2D eigenvalue weighted by atomic mass is 10.0. The number of nitrogens with one attached hydrogen (secondary N) is 1. The largest absolute Gasteiger partial charge is 0.355 e. The van der Waals surface area contributed by atoms with E-state index in [0.29, 0.717) is 6.54 Å². The number of benzene rings is 1. The van der Waals surface area contributed by atoms with E-state index in [2.05, 4.69) is 24.4 Å². The van der Waals surface area contributed by atoms with E-state index in [1.54, 1.807) is 6.07 Å². The van der Waals surface area contributed by atoms with Crippen molar-refractivity contribution in [2.45, 2.75) is 25.7 Å². The second kappa shape index (κ2) is 7.74. The Labute approximate surface area is 129 Å². The van der Waals surface area contributed by atoms with E-state index in [9.17, 15) is 9.59 Å². The van der Waals surface area contributed by atoms with Crippen molar-refractivity contribution in [2.75, 3.05) is 6.54 Å². The Morgan fingerprint density at radius 2 is 1.86 bits per heavy atom. The number of thiophene rings is 1. The first-order chi connectivity index (χ1) is 10.2. The minimum Gasteiger partial charge on any atom is -0.355 e. The molecule has 0 aliphatic heterocycles. The summed E-state index contributed by atoms with van der Waals surface area (Å²) in [6, 6.07) is 13.7. The van der Waals surface area contributed by atoms with Crippen LogP contribution in [-0.2, 0) is 4.79 Å².